The Morgan fingerprint density at radius 2 is 2.00 bits per heavy atom. The summed E-state index contributed by atoms with van der Waals surface area (Å²) in [6, 6.07) is 0.339. The Kier molecular flexibility index (Phi) is 3.02. The molecule has 1 aliphatic carbocycles. The molecule has 0 bridgehead atoms. The Bertz CT molecular complexity index is 435. The van der Waals surface area contributed by atoms with E-state index in [0.29, 0.717) is 6.04 Å². The van der Waals surface area contributed by atoms with E-state index in [9.17, 15) is 8.42 Å². The molecule has 1 aromatic rings. The summed E-state index contributed by atoms with van der Waals surface area (Å²) < 4.78 is 23.8. The van der Waals surface area contributed by atoms with E-state index in [1.54, 1.807) is 4.68 Å². The molecule has 1 aliphatic rings. The molecule has 0 spiro atoms. The molecular weight excluding hydrogens is 236 g/mol. The van der Waals surface area contributed by atoms with Crippen molar-refractivity contribution in [2.75, 3.05) is 0 Å². The van der Waals surface area contributed by atoms with Gasteiger partial charge in [-0.05, 0) is 12.8 Å². The Morgan fingerprint density at radius 1 is 1.33 bits per heavy atom. The lowest BCUT2D eigenvalue weighted by Crippen LogP contribution is -2.12. The fourth-order valence-corrected chi connectivity index (χ4v) is 2.64. The molecular formula is C9H13ClN2O2S. The van der Waals surface area contributed by atoms with Crippen LogP contribution in [0.3, 0.4) is 0 Å². The predicted molar refractivity (Wildman–Crippen MR) is 57.4 cm³/mol. The van der Waals surface area contributed by atoms with Crippen LogP contribution in [0, 0.1) is 0 Å². The van der Waals surface area contributed by atoms with Gasteiger partial charge in [0.2, 0.25) is 0 Å². The molecule has 84 valence electrons. The van der Waals surface area contributed by atoms with Crippen molar-refractivity contribution in [1.29, 1.82) is 0 Å². The quantitative estimate of drug-likeness (QED) is 0.755. The normalized spacial score (nSPS) is 19.3. The second-order valence-corrected chi connectivity index (χ2v) is 6.45. The Balaban J connectivity index is 2.19. The minimum Gasteiger partial charge on any atom is -0.268 e. The van der Waals surface area contributed by atoms with Crippen molar-refractivity contribution in [3.05, 3.63) is 12.4 Å². The fraction of sp³-hybridized carbons (Fsp3) is 0.667. The van der Waals surface area contributed by atoms with Crippen molar-refractivity contribution in [3.8, 4) is 0 Å². The van der Waals surface area contributed by atoms with Crippen LogP contribution in [-0.2, 0) is 9.05 Å². The maximum absolute atomic E-state index is 11.0. The van der Waals surface area contributed by atoms with Gasteiger partial charge in [-0.25, -0.2) is 8.42 Å². The SMILES string of the molecule is O=S(=O)(Cl)c1cnn(C2CCCCC2)c1. The first-order chi connectivity index (χ1) is 7.07. The minimum absolute atomic E-state index is 0.0924. The Hall–Kier alpha value is -0.550. The van der Waals surface area contributed by atoms with Crippen LogP contribution >= 0.6 is 10.7 Å². The third-order valence-corrected chi connectivity index (χ3v) is 4.12. The van der Waals surface area contributed by atoms with Crippen LogP contribution in [0.15, 0.2) is 17.3 Å². The highest BCUT2D eigenvalue weighted by atomic mass is 35.7. The summed E-state index contributed by atoms with van der Waals surface area (Å²) >= 11 is 0. The van der Waals surface area contributed by atoms with E-state index in [4.69, 9.17) is 10.7 Å². The first kappa shape index (κ1) is 11.0. The van der Waals surface area contributed by atoms with Crippen molar-refractivity contribution in [1.82, 2.24) is 9.78 Å². The summed E-state index contributed by atoms with van der Waals surface area (Å²) in [6.07, 6.45) is 8.63. The molecule has 1 heterocycles. The number of halogens is 1. The van der Waals surface area contributed by atoms with Gasteiger partial charge in [-0.15, -0.1) is 0 Å². The summed E-state index contributed by atoms with van der Waals surface area (Å²) in [5.41, 5.74) is 0. The van der Waals surface area contributed by atoms with Gasteiger partial charge in [0.1, 0.15) is 4.90 Å². The molecule has 0 amide bonds. The number of hydrogen-bond donors (Lipinski definition) is 0. The topological polar surface area (TPSA) is 52.0 Å². The van der Waals surface area contributed by atoms with Crippen LogP contribution in [0.2, 0.25) is 0 Å². The molecule has 4 nitrogen and oxygen atoms in total. The highest BCUT2D eigenvalue weighted by molar-refractivity contribution is 8.13. The summed E-state index contributed by atoms with van der Waals surface area (Å²) in [7, 11) is 1.60. The largest absolute Gasteiger partial charge is 0.268 e. The first-order valence-corrected chi connectivity index (χ1v) is 7.37. The van der Waals surface area contributed by atoms with Gasteiger partial charge >= 0.3 is 0 Å². The number of hydrogen-bond acceptors (Lipinski definition) is 3. The zero-order valence-corrected chi connectivity index (χ0v) is 9.84. The van der Waals surface area contributed by atoms with Crippen molar-refractivity contribution in [2.24, 2.45) is 0 Å². The maximum Gasteiger partial charge on any atom is 0.264 e. The molecule has 1 saturated carbocycles. The lowest BCUT2D eigenvalue weighted by atomic mass is 9.96. The molecule has 1 aromatic heterocycles. The summed E-state index contributed by atoms with van der Waals surface area (Å²) in [6.45, 7) is 0. The van der Waals surface area contributed by atoms with E-state index in [-0.39, 0.29) is 4.90 Å². The molecule has 0 aliphatic heterocycles. The Morgan fingerprint density at radius 3 is 2.53 bits per heavy atom. The van der Waals surface area contributed by atoms with Gasteiger partial charge < -0.3 is 0 Å². The molecule has 0 unspecified atom stereocenters. The molecule has 0 aromatic carbocycles. The molecule has 0 saturated heterocycles. The van der Waals surface area contributed by atoms with E-state index >= 15 is 0 Å². The second-order valence-electron chi connectivity index (χ2n) is 3.89. The summed E-state index contributed by atoms with van der Waals surface area (Å²) in [5.74, 6) is 0. The first-order valence-electron chi connectivity index (χ1n) is 5.06. The van der Waals surface area contributed by atoms with Crippen molar-refractivity contribution in [2.45, 2.75) is 43.0 Å². The van der Waals surface area contributed by atoms with Crippen LogP contribution in [0.5, 0.6) is 0 Å². The van der Waals surface area contributed by atoms with Crippen LogP contribution < -0.4 is 0 Å². The fourth-order valence-electron chi connectivity index (χ4n) is 1.99. The van der Waals surface area contributed by atoms with Gasteiger partial charge in [0.15, 0.2) is 0 Å². The molecule has 6 heteroatoms. The van der Waals surface area contributed by atoms with Crippen molar-refractivity contribution in [3.63, 3.8) is 0 Å². The van der Waals surface area contributed by atoms with Gasteiger partial charge in [-0.3, -0.25) is 4.68 Å². The van der Waals surface area contributed by atoms with E-state index in [1.165, 1.54) is 31.7 Å². The maximum atomic E-state index is 11.0. The van der Waals surface area contributed by atoms with Crippen LogP contribution in [0.25, 0.3) is 0 Å². The third kappa shape index (κ3) is 2.52. The minimum atomic E-state index is -3.63. The van der Waals surface area contributed by atoms with Gasteiger partial charge in [0.25, 0.3) is 9.05 Å². The molecule has 0 atom stereocenters. The van der Waals surface area contributed by atoms with Gasteiger partial charge in [-0.2, -0.15) is 5.10 Å². The standard InChI is InChI=1S/C9H13ClN2O2S/c10-15(13,14)9-6-11-12(7-9)8-4-2-1-3-5-8/h6-8H,1-5H2. The molecule has 15 heavy (non-hydrogen) atoms. The number of rotatable bonds is 2. The second kappa shape index (κ2) is 4.14. The monoisotopic (exact) mass is 248 g/mol. The van der Waals surface area contributed by atoms with Crippen LogP contribution in [0.4, 0.5) is 0 Å². The van der Waals surface area contributed by atoms with Crippen LogP contribution in [-0.4, -0.2) is 18.2 Å². The highest BCUT2D eigenvalue weighted by Gasteiger charge is 2.19. The van der Waals surface area contributed by atoms with Crippen LogP contribution in [0.1, 0.15) is 38.1 Å². The zero-order valence-electron chi connectivity index (χ0n) is 8.26. The summed E-state index contributed by atoms with van der Waals surface area (Å²) in [4.78, 5) is 0.0924. The highest BCUT2D eigenvalue weighted by Crippen LogP contribution is 2.28. The predicted octanol–water partition coefficient (Wildman–Crippen LogP) is 2.32. The van der Waals surface area contributed by atoms with Crippen molar-refractivity contribution >= 4 is 19.7 Å². The van der Waals surface area contributed by atoms with E-state index in [1.807, 2.05) is 0 Å². The number of aromatic nitrogens is 2. The molecule has 2 rings (SSSR count). The molecule has 0 radical (unpaired) electrons. The average Bonchev–Trinajstić information content (AvgIpc) is 2.67. The van der Waals surface area contributed by atoms with Crippen molar-refractivity contribution < 1.29 is 8.42 Å². The Labute approximate surface area is 93.7 Å². The molecule has 1 fully saturated rings. The van der Waals surface area contributed by atoms with Gasteiger partial charge in [-0.1, -0.05) is 19.3 Å². The average molecular weight is 249 g/mol. The van der Waals surface area contributed by atoms with Gasteiger partial charge in [0, 0.05) is 16.9 Å². The summed E-state index contributed by atoms with van der Waals surface area (Å²) in [5, 5.41) is 4.06. The molecule has 0 N–H and O–H groups in total. The van der Waals surface area contributed by atoms with Gasteiger partial charge in [0.05, 0.1) is 12.2 Å². The third-order valence-electron chi connectivity index (χ3n) is 2.81. The smallest absolute Gasteiger partial charge is 0.264 e. The lowest BCUT2D eigenvalue weighted by Gasteiger charge is -2.21. The lowest BCUT2D eigenvalue weighted by molar-refractivity contribution is 0.329. The number of nitrogens with zero attached hydrogens (tertiary/aromatic N) is 2. The van der Waals surface area contributed by atoms with E-state index < -0.39 is 9.05 Å². The van der Waals surface area contributed by atoms with E-state index in [0.717, 1.165) is 12.8 Å². The van der Waals surface area contributed by atoms with E-state index in [2.05, 4.69) is 5.10 Å². The zero-order chi connectivity index (χ0) is 10.9.